The molecule has 0 fully saturated rings. The fourth-order valence-corrected chi connectivity index (χ4v) is 1.46. The number of methoxy groups -OCH3 is 1. The minimum Gasteiger partial charge on any atom is -0.507 e. The van der Waals surface area contributed by atoms with Crippen molar-refractivity contribution in [1.82, 2.24) is 0 Å². The Kier molecular flexibility index (Phi) is 4.06. The number of esters is 1. The number of carbonyl (C=O) groups excluding carboxylic acids is 2. The minimum atomic E-state index is -0.672. The lowest BCUT2D eigenvalue weighted by Gasteiger charge is -2.06. The molecular weight excluding hydrogens is 276 g/mol. The molecule has 5 heteroatoms. The number of benzene rings is 1. The highest BCUT2D eigenvalue weighted by Gasteiger charge is 2.17. The van der Waals surface area contributed by atoms with E-state index < -0.39 is 5.97 Å². The van der Waals surface area contributed by atoms with Crippen molar-refractivity contribution in [3.63, 3.8) is 0 Å². The Morgan fingerprint density at radius 3 is 2.56 bits per heavy atom. The Morgan fingerprint density at radius 2 is 2.06 bits per heavy atom. The maximum atomic E-state index is 11.6. The number of ketones is 1. The predicted molar refractivity (Wildman–Crippen MR) is 62.2 cm³/mol. The molecule has 1 aromatic carbocycles. The van der Waals surface area contributed by atoms with Crippen LogP contribution in [0.2, 0.25) is 0 Å². The SMILES string of the molecule is COC(=O)c1cc(C(=O)C(C)Br)ccc1O. The van der Waals surface area contributed by atoms with Gasteiger partial charge in [0, 0.05) is 5.56 Å². The van der Waals surface area contributed by atoms with Gasteiger partial charge in [0.15, 0.2) is 5.78 Å². The Hall–Kier alpha value is -1.36. The van der Waals surface area contributed by atoms with E-state index in [0.29, 0.717) is 5.56 Å². The van der Waals surface area contributed by atoms with E-state index in [0.717, 1.165) is 0 Å². The zero-order chi connectivity index (χ0) is 12.3. The number of halogens is 1. The summed E-state index contributed by atoms with van der Waals surface area (Å²) < 4.78 is 4.49. The number of rotatable bonds is 3. The van der Waals surface area contributed by atoms with Gasteiger partial charge in [-0.15, -0.1) is 0 Å². The van der Waals surface area contributed by atoms with Crippen LogP contribution in [-0.2, 0) is 4.74 Å². The molecule has 0 aromatic heterocycles. The van der Waals surface area contributed by atoms with Gasteiger partial charge in [0.1, 0.15) is 11.3 Å². The standard InChI is InChI=1S/C11H11BrO4/c1-6(12)10(14)7-3-4-9(13)8(5-7)11(15)16-2/h3-6,13H,1-2H3. The van der Waals surface area contributed by atoms with Crippen LogP contribution >= 0.6 is 15.9 Å². The summed E-state index contributed by atoms with van der Waals surface area (Å²) in [5.74, 6) is -1.04. The number of Topliss-reactive ketones (excluding diaryl/α,β-unsaturated/α-hetero) is 1. The van der Waals surface area contributed by atoms with Crippen LogP contribution < -0.4 is 0 Å². The Bertz CT molecular complexity index is 426. The third-order valence-electron chi connectivity index (χ3n) is 2.05. The average Bonchev–Trinajstić information content (AvgIpc) is 2.27. The normalized spacial score (nSPS) is 11.9. The van der Waals surface area contributed by atoms with E-state index in [-0.39, 0.29) is 21.9 Å². The second-order valence-electron chi connectivity index (χ2n) is 3.20. The van der Waals surface area contributed by atoms with Crippen molar-refractivity contribution in [3.05, 3.63) is 29.3 Å². The van der Waals surface area contributed by atoms with E-state index in [1.807, 2.05) is 0 Å². The van der Waals surface area contributed by atoms with Crippen LogP contribution in [0.25, 0.3) is 0 Å². The Labute approximate surface area is 101 Å². The molecule has 0 spiro atoms. The van der Waals surface area contributed by atoms with E-state index in [9.17, 15) is 14.7 Å². The minimum absolute atomic E-state index is 0.0125. The highest BCUT2D eigenvalue weighted by Crippen LogP contribution is 2.21. The third kappa shape index (κ3) is 2.61. The number of phenols is 1. The topological polar surface area (TPSA) is 63.6 Å². The summed E-state index contributed by atoms with van der Waals surface area (Å²) in [5, 5.41) is 9.43. The van der Waals surface area contributed by atoms with Crippen LogP contribution in [0.1, 0.15) is 27.6 Å². The first-order valence-corrected chi connectivity index (χ1v) is 5.48. The molecule has 0 saturated carbocycles. The lowest BCUT2D eigenvalue weighted by molar-refractivity contribution is 0.0597. The molecule has 0 aliphatic heterocycles. The molecular formula is C11H11BrO4. The number of hydrogen-bond donors (Lipinski definition) is 1. The van der Waals surface area contributed by atoms with E-state index >= 15 is 0 Å². The summed E-state index contributed by atoms with van der Waals surface area (Å²) >= 11 is 3.15. The van der Waals surface area contributed by atoms with Gasteiger partial charge in [0.25, 0.3) is 0 Å². The van der Waals surface area contributed by atoms with Crippen LogP contribution in [0.3, 0.4) is 0 Å². The molecule has 4 nitrogen and oxygen atoms in total. The number of phenolic OH excluding ortho intramolecular Hbond substituents is 1. The van der Waals surface area contributed by atoms with Crippen molar-refractivity contribution in [2.24, 2.45) is 0 Å². The zero-order valence-electron chi connectivity index (χ0n) is 8.86. The summed E-state index contributed by atoms with van der Waals surface area (Å²) in [4.78, 5) is 22.6. The predicted octanol–water partition coefficient (Wildman–Crippen LogP) is 2.14. The van der Waals surface area contributed by atoms with Crippen LogP contribution in [-0.4, -0.2) is 28.8 Å². The Balaban J connectivity index is 3.17. The van der Waals surface area contributed by atoms with Gasteiger partial charge in [-0.1, -0.05) is 15.9 Å². The van der Waals surface area contributed by atoms with E-state index in [1.165, 1.54) is 25.3 Å². The molecule has 0 aliphatic carbocycles. The number of ether oxygens (including phenoxy) is 1. The molecule has 0 bridgehead atoms. The Morgan fingerprint density at radius 1 is 1.44 bits per heavy atom. The summed E-state index contributed by atoms with van der Waals surface area (Å²) in [6.45, 7) is 1.69. The molecule has 1 unspecified atom stereocenters. The molecule has 1 N–H and O–H groups in total. The second-order valence-corrected chi connectivity index (χ2v) is 4.58. The largest absolute Gasteiger partial charge is 0.507 e. The number of carbonyl (C=O) groups is 2. The fraction of sp³-hybridized carbons (Fsp3) is 0.273. The second kappa shape index (κ2) is 5.12. The molecule has 0 heterocycles. The van der Waals surface area contributed by atoms with Crippen molar-refractivity contribution in [1.29, 1.82) is 0 Å². The van der Waals surface area contributed by atoms with Crippen LogP contribution in [0.4, 0.5) is 0 Å². The van der Waals surface area contributed by atoms with E-state index in [1.54, 1.807) is 6.92 Å². The summed E-state index contributed by atoms with van der Waals surface area (Å²) in [6.07, 6.45) is 0. The number of hydrogen-bond acceptors (Lipinski definition) is 4. The van der Waals surface area contributed by atoms with Gasteiger partial charge in [-0.25, -0.2) is 4.79 Å². The monoisotopic (exact) mass is 286 g/mol. The molecule has 16 heavy (non-hydrogen) atoms. The van der Waals surface area contributed by atoms with Crippen molar-refractivity contribution in [2.45, 2.75) is 11.8 Å². The van der Waals surface area contributed by atoms with Gasteiger partial charge in [0.2, 0.25) is 0 Å². The molecule has 0 aliphatic rings. The van der Waals surface area contributed by atoms with Gasteiger partial charge in [-0.2, -0.15) is 0 Å². The lowest BCUT2D eigenvalue weighted by Crippen LogP contribution is -2.11. The molecule has 86 valence electrons. The lowest BCUT2D eigenvalue weighted by atomic mass is 10.0. The van der Waals surface area contributed by atoms with E-state index in [2.05, 4.69) is 20.7 Å². The fourth-order valence-electron chi connectivity index (χ4n) is 1.19. The molecule has 0 radical (unpaired) electrons. The van der Waals surface area contributed by atoms with Gasteiger partial charge >= 0.3 is 5.97 Å². The maximum absolute atomic E-state index is 11.6. The van der Waals surface area contributed by atoms with Crippen molar-refractivity contribution < 1.29 is 19.4 Å². The first-order valence-electron chi connectivity index (χ1n) is 4.57. The van der Waals surface area contributed by atoms with Crippen molar-refractivity contribution in [3.8, 4) is 5.75 Å². The first-order chi connectivity index (χ1) is 7.47. The average molecular weight is 287 g/mol. The van der Waals surface area contributed by atoms with E-state index in [4.69, 9.17) is 0 Å². The van der Waals surface area contributed by atoms with Gasteiger partial charge in [0.05, 0.1) is 11.9 Å². The highest BCUT2D eigenvalue weighted by atomic mass is 79.9. The number of aromatic hydroxyl groups is 1. The molecule has 1 rings (SSSR count). The van der Waals surface area contributed by atoms with Crippen molar-refractivity contribution >= 4 is 27.7 Å². The summed E-state index contributed by atoms with van der Waals surface area (Å²) in [5.41, 5.74) is 0.337. The quantitative estimate of drug-likeness (QED) is 0.525. The molecule has 1 aromatic rings. The number of alkyl halides is 1. The molecule has 1 atom stereocenters. The van der Waals surface area contributed by atoms with Crippen LogP contribution in [0.15, 0.2) is 18.2 Å². The highest BCUT2D eigenvalue weighted by molar-refractivity contribution is 9.10. The van der Waals surface area contributed by atoms with Gasteiger partial charge in [-0.05, 0) is 25.1 Å². The molecule has 0 saturated heterocycles. The third-order valence-corrected chi connectivity index (χ3v) is 2.46. The molecule has 0 amide bonds. The summed E-state index contributed by atoms with van der Waals surface area (Å²) in [6, 6.07) is 4.08. The maximum Gasteiger partial charge on any atom is 0.341 e. The van der Waals surface area contributed by atoms with Crippen LogP contribution in [0, 0.1) is 0 Å². The summed E-state index contributed by atoms with van der Waals surface area (Å²) in [7, 11) is 1.21. The smallest absolute Gasteiger partial charge is 0.341 e. The van der Waals surface area contributed by atoms with Gasteiger partial charge < -0.3 is 9.84 Å². The first kappa shape index (κ1) is 12.7. The van der Waals surface area contributed by atoms with Crippen molar-refractivity contribution in [2.75, 3.05) is 7.11 Å². The van der Waals surface area contributed by atoms with Crippen LogP contribution in [0.5, 0.6) is 5.75 Å². The van der Waals surface area contributed by atoms with Gasteiger partial charge in [-0.3, -0.25) is 4.79 Å². The zero-order valence-corrected chi connectivity index (χ0v) is 10.4.